The highest BCUT2D eigenvalue weighted by atomic mass is 16.4. The number of carbonyl (C=O) groups is 5. The SMILES string of the molecule is CCC(C)C(NC(=O)C(N)CO)C(=O)NC(CO)C(=O)NC(CC(=O)O)C(=O)O. The van der Waals surface area contributed by atoms with Gasteiger partial charge in [-0.2, -0.15) is 0 Å². The van der Waals surface area contributed by atoms with E-state index in [9.17, 15) is 29.1 Å². The minimum absolute atomic E-state index is 0.411. The Kier molecular flexibility index (Phi) is 11.4. The van der Waals surface area contributed by atoms with Crippen LogP contribution in [0.5, 0.6) is 0 Å². The van der Waals surface area contributed by atoms with Gasteiger partial charge in [-0.1, -0.05) is 20.3 Å². The van der Waals surface area contributed by atoms with Crippen molar-refractivity contribution >= 4 is 29.7 Å². The Morgan fingerprint density at radius 3 is 1.83 bits per heavy atom. The Bertz CT molecular complexity index is 613. The molecule has 0 rings (SSSR count). The molecule has 0 aromatic carbocycles. The van der Waals surface area contributed by atoms with Crippen molar-refractivity contribution in [2.75, 3.05) is 13.2 Å². The van der Waals surface area contributed by atoms with Gasteiger partial charge in [-0.3, -0.25) is 19.2 Å². The van der Waals surface area contributed by atoms with E-state index in [0.717, 1.165) is 0 Å². The summed E-state index contributed by atoms with van der Waals surface area (Å²) in [6.07, 6.45) is -0.458. The zero-order valence-electron chi connectivity index (χ0n) is 16.1. The van der Waals surface area contributed by atoms with E-state index in [-0.39, 0.29) is 0 Å². The number of carbonyl (C=O) groups excluding carboxylic acids is 3. The number of carboxylic acid groups (broad SMARTS) is 2. The summed E-state index contributed by atoms with van der Waals surface area (Å²) in [6, 6.07) is -5.77. The van der Waals surface area contributed by atoms with Crippen LogP contribution in [-0.2, 0) is 24.0 Å². The first-order valence-electron chi connectivity index (χ1n) is 8.81. The molecule has 5 atom stereocenters. The summed E-state index contributed by atoms with van der Waals surface area (Å²) < 4.78 is 0. The zero-order valence-corrected chi connectivity index (χ0v) is 16.1. The van der Waals surface area contributed by atoms with Crippen molar-refractivity contribution < 1.29 is 44.4 Å². The minimum Gasteiger partial charge on any atom is -0.481 e. The number of nitrogens with two attached hydrogens (primary N) is 1. The summed E-state index contributed by atoms with van der Waals surface area (Å²) in [5, 5.41) is 42.4. The predicted octanol–water partition coefficient (Wildman–Crippen LogP) is -3.64. The highest BCUT2D eigenvalue weighted by molar-refractivity contribution is 5.94. The van der Waals surface area contributed by atoms with Gasteiger partial charge < -0.3 is 42.1 Å². The number of aliphatic hydroxyl groups is 2. The van der Waals surface area contributed by atoms with E-state index in [4.69, 9.17) is 21.1 Å². The first kappa shape index (κ1) is 26.2. The minimum atomic E-state index is -1.77. The van der Waals surface area contributed by atoms with Crippen LogP contribution in [0.25, 0.3) is 0 Å². The molecule has 0 aliphatic heterocycles. The molecular weight excluding hydrogens is 392 g/mol. The fourth-order valence-corrected chi connectivity index (χ4v) is 2.15. The average molecular weight is 420 g/mol. The number of amides is 3. The molecule has 0 saturated heterocycles. The van der Waals surface area contributed by atoms with Gasteiger partial charge >= 0.3 is 11.9 Å². The molecule has 166 valence electrons. The molecule has 0 saturated carbocycles. The molecule has 0 fully saturated rings. The quantitative estimate of drug-likeness (QED) is 0.146. The third-order valence-electron chi connectivity index (χ3n) is 4.14. The number of carboxylic acids is 2. The van der Waals surface area contributed by atoms with Crippen LogP contribution in [0, 0.1) is 5.92 Å². The maximum Gasteiger partial charge on any atom is 0.326 e. The van der Waals surface area contributed by atoms with Gasteiger partial charge in [-0.05, 0) is 5.92 Å². The molecule has 0 aromatic heterocycles. The number of aliphatic carboxylic acids is 2. The molecule has 0 heterocycles. The van der Waals surface area contributed by atoms with Crippen molar-refractivity contribution in [3.63, 3.8) is 0 Å². The van der Waals surface area contributed by atoms with Crippen LogP contribution in [0.1, 0.15) is 26.7 Å². The molecule has 13 nitrogen and oxygen atoms in total. The number of nitrogens with one attached hydrogen (secondary N) is 3. The third kappa shape index (κ3) is 8.85. The van der Waals surface area contributed by atoms with Gasteiger partial charge in [-0.25, -0.2) is 4.79 Å². The Labute approximate surface area is 166 Å². The first-order chi connectivity index (χ1) is 13.5. The Morgan fingerprint density at radius 2 is 1.41 bits per heavy atom. The van der Waals surface area contributed by atoms with E-state index in [1.807, 2.05) is 5.32 Å². The Hall–Kier alpha value is -2.77. The summed E-state index contributed by atoms with van der Waals surface area (Å²) >= 11 is 0. The molecule has 0 bridgehead atoms. The molecule has 3 amide bonds. The lowest BCUT2D eigenvalue weighted by molar-refractivity contribution is -0.147. The summed E-state index contributed by atoms with van der Waals surface area (Å²) in [5.41, 5.74) is 5.40. The van der Waals surface area contributed by atoms with Crippen LogP contribution in [0.3, 0.4) is 0 Å². The second kappa shape index (κ2) is 12.6. The van der Waals surface area contributed by atoms with E-state index < -0.39 is 79.4 Å². The van der Waals surface area contributed by atoms with Gasteiger partial charge in [0.2, 0.25) is 17.7 Å². The summed E-state index contributed by atoms with van der Waals surface area (Å²) in [7, 11) is 0. The van der Waals surface area contributed by atoms with Crippen LogP contribution in [0.15, 0.2) is 0 Å². The molecule has 5 unspecified atom stereocenters. The maximum absolute atomic E-state index is 12.5. The summed E-state index contributed by atoms with van der Waals surface area (Å²) in [5.74, 6) is -6.25. The predicted molar refractivity (Wildman–Crippen MR) is 97.3 cm³/mol. The monoisotopic (exact) mass is 420 g/mol. The highest BCUT2D eigenvalue weighted by Crippen LogP contribution is 2.09. The molecule has 9 N–H and O–H groups in total. The van der Waals surface area contributed by atoms with E-state index in [1.165, 1.54) is 0 Å². The highest BCUT2D eigenvalue weighted by Gasteiger charge is 2.32. The first-order valence-corrected chi connectivity index (χ1v) is 8.81. The number of aliphatic hydroxyl groups excluding tert-OH is 2. The standard InChI is InChI=1S/C16H28N4O9/c1-3-7(2)12(20-13(25)8(17)5-21)15(27)19-10(6-22)14(26)18-9(16(28)29)4-11(23)24/h7-10,12,21-22H,3-6,17H2,1-2H3,(H,18,26)(H,19,27)(H,20,25)(H,23,24)(H,28,29). The molecule has 0 aliphatic rings. The molecule has 0 radical (unpaired) electrons. The largest absolute Gasteiger partial charge is 0.481 e. The van der Waals surface area contributed by atoms with Crippen molar-refractivity contribution in [1.29, 1.82) is 0 Å². The van der Waals surface area contributed by atoms with Gasteiger partial charge in [0.25, 0.3) is 0 Å². The molecule has 29 heavy (non-hydrogen) atoms. The fraction of sp³-hybridized carbons (Fsp3) is 0.688. The molecule has 13 heteroatoms. The van der Waals surface area contributed by atoms with Crippen molar-refractivity contribution in [3.05, 3.63) is 0 Å². The lowest BCUT2D eigenvalue weighted by Crippen LogP contribution is -2.59. The molecular formula is C16H28N4O9. The molecule has 0 aromatic rings. The smallest absolute Gasteiger partial charge is 0.326 e. The van der Waals surface area contributed by atoms with Gasteiger partial charge in [0, 0.05) is 0 Å². The number of hydrogen-bond donors (Lipinski definition) is 8. The van der Waals surface area contributed by atoms with Gasteiger partial charge in [0.05, 0.1) is 19.6 Å². The average Bonchev–Trinajstić information content (AvgIpc) is 2.67. The zero-order chi connectivity index (χ0) is 22.7. The summed E-state index contributed by atoms with van der Waals surface area (Å²) in [6.45, 7) is 1.82. The van der Waals surface area contributed by atoms with Crippen molar-refractivity contribution in [3.8, 4) is 0 Å². The van der Waals surface area contributed by atoms with Crippen LogP contribution >= 0.6 is 0 Å². The van der Waals surface area contributed by atoms with Gasteiger partial charge in [-0.15, -0.1) is 0 Å². The Morgan fingerprint density at radius 1 is 0.862 bits per heavy atom. The fourth-order valence-electron chi connectivity index (χ4n) is 2.15. The Balaban J connectivity index is 5.26. The van der Waals surface area contributed by atoms with Crippen molar-refractivity contribution in [2.45, 2.75) is 50.9 Å². The van der Waals surface area contributed by atoms with Crippen molar-refractivity contribution in [1.82, 2.24) is 16.0 Å². The lowest BCUT2D eigenvalue weighted by atomic mass is 9.97. The van der Waals surface area contributed by atoms with Crippen LogP contribution < -0.4 is 21.7 Å². The second-order valence-electron chi connectivity index (χ2n) is 6.40. The van der Waals surface area contributed by atoms with Crippen LogP contribution in [0.2, 0.25) is 0 Å². The number of hydrogen-bond acceptors (Lipinski definition) is 8. The number of rotatable bonds is 13. The maximum atomic E-state index is 12.5. The second-order valence-corrected chi connectivity index (χ2v) is 6.40. The molecule has 0 aliphatic carbocycles. The summed E-state index contributed by atoms with van der Waals surface area (Å²) in [4.78, 5) is 58.3. The lowest BCUT2D eigenvalue weighted by Gasteiger charge is -2.27. The third-order valence-corrected chi connectivity index (χ3v) is 4.14. The van der Waals surface area contributed by atoms with Crippen LogP contribution in [-0.4, -0.2) is 87.5 Å². The van der Waals surface area contributed by atoms with E-state index in [1.54, 1.807) is 13.8 Å². The van der Waals surface area contributed by atoms with E-state index in [2.05, 4.69) is 10.6 Å². The van der Waals surface area contributed by atoms with E-state index >= 15 is 0 Å². The van der Waals surface area contributed by atoms with Gasteiger partial charge in [0.1, 0.15) is 24.2 Å². The topological polar surface area (TPSA) is 228 Å². The van der Waals surface area contributed by atoms with Crippen LogP contribution in [0.4, 0.5) is 0 Å². The molecule has 0 spiro atoms. The van der Waals surface area contributed by atoms with E-state index in [0.29, 0.717) is 6.42 Å². The van der Waals surface area contributed by atoms with Crippen molar-refractivity contribution in [2.24, 2.45) is 11.7 Å². The normalized spacial score (nSPS) is 15.9. The van der Waals surface area contributed by atoms with Gasteiger partial charge in [0.15, 0.2) is 0 Å².